The van der Waals surface area contributed by atoms with Gasteiger partial charge in [-0.15, -0.1) is 0 Å². The number of hydrogen-bond acceptors (Lipinski definition) is 5. The SMILES string of the molecule is CCCCCCCCCN=C([O-])C(O)C(O)C(=O)O.[Na+]. The van der Waals surface area contributed by atoms with Gasteiger partial charge in [0.15, 0.2) is 6.10 Å². The van der Waals surface area contributed by atoms with E-state index in [1.165, 1.54) is 25.7 Å². The number of aliphatic carboxylic acids is 1. The predicted molar refractivity (Wildman–Crippen MR) is 69.9 cm³/mol. The van der Waals surface area contributed by atoms with Crippen molar-refractivity contribution in [1.82, 2.24) is 0 Å². The molecule has 0 radical (unpaired) electrons. The first-order chi connectivity index (χ1) is 9.00. The van der Waals surface area contributed by atoms with E-state index in [1.807, 2.05) is 0 Å². The summed E-state index contributed by atoms with van der Waals surface area (Å²) in [6.45, 7) is 2.41. The van der Waals surface area contributed by atoms with Crippen molar-refractivity contribution in [3.63, 3.8) is 0 Å². The molecule has 0 rings (SSSR count). The number of aliphatic imine (C=N–C) groups is 1. The smallest absolute Gasteiger partial charge is 0.860 e. The van der Waals surface area contributed by atoms with Crippen LogP contribution in [0.15, 0.2) is 4.99 Å². The van der Waals surface area contributed by atoms with E-state index < -0.39 is 24.1 Å². The van der Waals surface area contributed by atoms with Gasteiger partial charge in [0.25, 0.3) is 0 Å². The Morgan fingerprint density at radius 2 is 1.55 bits per heavy atom. The van der Waals surface area contributed by atoms with Gasteiger partial charge in [0.05, 0.1) is 0 Å². The molecular weight excluding hydrogens is 273 g/mol. The van der Waals surface area contributed by atoms with Crippen molar-refractivity contribution >= 4 is 11.9 Å². The maximum atomic E-state index is 11.2. The number of hydrogen-bond donors (Lipinski definition) is 3. The Labute approximate surface area is 142 Å². The van der Waals surface area contributed by atoms with Gasteiger partial charge in [-0.3, -0.25) is 0 Å². The van der Waals surface area contributed by atoms with Gasteiger partial charge < -0.3 is 25.4 Å². The summed E-state index contributed by atoms with van der Waals surface area (Å²) in [6.07, 6.45) is 3.52. The molecule has 20 heavy (non-hydrogen) atoms. The average Bonchev–Trinajstić information content (AvgIpc) is 2.39. The minimum atomic E-state index is -2.11. The molecule has 0 aliphatic heterocycles. The third kappa shape index (κ3) is 10.6. The van der Waals surface area contributed by atoms with Crippen LogP contribution in [0.25, 0.3) is 0 Å². The van der Waals surface area contributed by atoms with Gasteiger partial charge in [0.2, 0.25) is 0 Å². The zero-order chi connectivity index (χ0) is 14.7. The van der Waals surface area contributed by atoms with Crippen LogP contribution in [0.4, 0.5) is 0 Å². The molecule has 6 nitrogen and oxygen atoms in total. The normalized spacial score (nSPS) is 14.4. The van der Waals surface area contributed by atoms with Crippen LogP contribution in [0, 0.1) is 0 Å². The number of unbranched alkanes of at least 4 members (excludes halogenated alkanes) is 6. The minimum Gasteiger partial charge on any atom is -0.860 e. The number of carbonyl (C=O) groups is 1. The van der Waals surface area contributed by atoms with Gasteiger partial charge >= 0.3 is 35.5 Å². The van der Waals surface area contributed by atoms with Crippen molar-refractivity contribution in [2.75, 3.05) is 6.54 Å². The molecule has 0 heterocycles. The van der Waals surface area contributed by atoms with Crippen LogP contribution in [0.1, 0.15) is 51.9 Å². The summed E-state index contributed by atoms with van der Waals surface area (Å²) in [5.74, 6) is -2.60. The first kappa shape index (κ1) is 22.1. The average molecular weight is 297 g/mol. The fourth-order valence-electron chi connectivity index (χ4n) is 1.62. The molecule has 0 saturated heterocycles. The molecule has 0 spiro atoms. The summed E-state index contributed by atoms with van der Waals surface area (Å²) in [6, 6.07) is 0. The van der Waals surface area contributed by atoms with Crippen LogP contribution < -0.4 is 34.7 Å². The molecule has 2 unspecified atom stereocenters. The molecule has 0 fully saturated rings. The van der Waals surface area contributed by atoms with Gasteiger partial charge in [-0.05, 0) is 12.3 Å². The van der Waals surface area contributed by atoms with E-state index in [2.05, 4.69) is 11.9 Å². The first-order valence-electron chi connectivity index (χ1n) is 6.81. The minimum absolute atomic E-state index is 0. The molecule has 0 aromatic rings. The molecule has 0 aliphatic rings. The third-order valence-corrected chi connectivity index (χ3v) is 2.83. The second-order valence-corrected chi connectivity index (χ2v) is 4.57. The molecule has 0 aromatic heterocycles. The predicted octanol–water partition coefficient (Wildman–Crippen LogP) is -2.69. The molecule has 112 valence electrons. The van der Waals surface area contributed by atoms with E-state index in [-0.39, 0.29) is 36.1 Å². The molecule has 0 amide bonds. The van der Waals surface area contributed by atoms with Crippen LogP contribution in [0.3, 0.4) is 0 Å². The largest absolute Gasteiger partial charge is 1.00 e. The number of carboxylic acids is 1. The Bertz CT molecular complexity index is 286. The van der Waals surface area contributed by atoms with Gasteiger partial charge in [0.1, 0.15) is 6.10 Å². The van der Waals surface area contributed by atoms with Gasteiger partial charge in [-0.2, -0.15) is 0 Å². The summed E-state index contributed by atoms with van der Waals surface area (Å²) in [7, 11) is 0. The van der Waals surface area contributed by atoms with Gasteiger partial charge in [-0.1, -0.05) is 45.4 Å². The van der Waals surface area contributed by atoms with Crippen LogP contribution >= 0.6 is 0 Å². The van der Waals surface area contributed by atoms with Gasteiger partial charge in [0, 0.05) is 6.54 Å². The number of nitrogens with zero attached hydrogens (tertiary/aromatic N) is 1. The molecule has 2 atom stereocenters. The van der Waals surface area contributed by atoms with Crippen LogP contribution in [0.2, 0.25) is 0 Å². The van der Waals surface area contributed by atoms with Crippen molar-refractivity contribution in [3.05, 3.63) is 0 Å². The van der Waals surface area contributed by atoms with E-state index in [0.717, 1.165) is 19.3 Å². The van der Waals surface area contributed by atoms with E-state index in [1.54, 1.807) is 0 Å². The van der Waals surface area contributed by atoms with Crippen LogP contribution in [-0.2, 0) is 4.79 Å². The van der Waals surface area contributed by atoms with E-state index >= 15 is 0 Å². The fourth-order valence-corrected chi connectivity index (χ4v) is 1.62. The summed E-state index contributed by atoms with van der Waals surface area (Å²) < 4.78 is 0. The van der Waals surface area contributed by atoms with Gasteiger partial charge in [-0.25, -0.2) is 4.79 Å². The topological polar surface area (TPSA) is 113 Å². The number of rotatable bonds is 11. The molecule has 0 aromatic carbocycles. The Hall–Kier alpha value is -0.140. The molecule has 0 saturated carbocycles. The van der Waals surface area contributed by atoms with E-state index in [0.29, 0.717) is 0 Å². The Balaban J connectivity index is 0. The maximum Gasteiger partial charge on any atom is 1.00 e. The number of aliphatic hydroxyl groups excluding tert-OH is 2. The fraction of sp³-hybridized carbons (Fsp3) is 0.846. The zero-order valence-electron chi connectivity index (χ0n) is 12.4. The summed E-state index contributed by atoms with van der Waals surface area (Å²) in [5, 5.41) is 37.8. The zero-order valence-corrected chi connectivity index (χ0v) is 14.4. The van der Waals surface area contributed by atoms with Crippen molar-refractivity contribution in [1.29, 1.82) is 0 Å². The van der Waals surface area contributed by atoms with Crippen LogP contribution in [-0.4, -0.2) is 45.9 Å². The standard InChI is InChI=1S/C13H25NO5.Na/c1-2-3-4-5-6-7-8-9-14-12(17)10(15)11(16)13(18)19;/h10-11,15-16H,2-9H2,1H3,(H,14,17)(H,18,19);/q;+1/p-1. The molecule has 0 aliphatic carbocycles. The molecular formula is C13H24NNaO5. The van der Waals surface area contributed by atoms with Crippen LogP contribution in [0.5, 0.6) is 0 Å². The summed E-state index contributed by atoms with van der Waals surface area (Å²) in [5.41, 5.74) is 0. The quantitative estimate of drug-likeness (QED) is 0.166. The number of aliphatic hydroxyl groups is 2. The Kier molecular flexibility index (Phi) is 15.3. The van der Waals surface area contributed by atoms with Crippen molar-refractivity contribution in [2.45, 2.75) is 64.1 Å². The van der Waals surface area contributed by atoms with Crippen molar-refractivity contribution < 1.29 is 54.8 Å². The van der Waals surface area contributed by atoms with Crippen molar-refractivity contribution in [2.24, 2.45) is 4.99 Å². The molecule has 0 bridgehead atoms. The monoisotopic (exact) mass is 297 g/mol. The third-order valence-electron chi connectivity index (χ3n) is 2.83. The Morgan fingerprint density at radius 1 is 1.05 bits per heavy atom. The second-order valence-electron chi connectivity index (χ2n) is 4.57. The summed E-state index contributed by atoms with van der Waals surface area (Å²) in [4.78, 5) is 13.9. The molecule has 7 heteroatoms. The number of carboxylic acid groups (broad SMARTS) is 1. The van der Waals surface area contributed by atoms with E-state index in [4.69, 9.17) is 10.2 Å². The second kappa shape index (κ2) is 13.8. The first-order valence-corrected chi connectivity index (χ1v) is 6.81. The van der Waals surface area contributed by atoms with Crippen molar-refractivity contribution in [3.8, 4) is 0 Å². The maximum absolute atomic E-state index is 11.2. The summed E-state index contributed by atoms with van der Waals surface area (Å²) >= 11 is 0. The van der Waals surface area contributed by atoms with E-state index in [9.17, 15) is 15.0 Å². The Morgan fingerprint density at radius 3 is 2.05 bits per heavy atom. The molecule has 3 N–H and O–H groups in total.